The zero-order chi connectivity index (χ0) is 19.2. The van der Waals surface area contributed by atoms with Gasteiger partial charge in [0.1, 0.15) is 0 Å². The van der Waals surface area contributed by atoms with Crippen LogP contribution in [0.15, 0.2) is 48.8 Å². The van der Waals surface area contributed by atoms with Crippen LogP contribution in [0.3, 0.4) is 0 Å². The maximum absolute atomic E-state index is 12.4. The van der Waals surface area contributed by atoms with Gasteiger partial charge in [-0.2, -0.15) is 0 Å². The molecule has 1 aromatic carbocycles. The van der Waals surface area contributed by atoms with Crippen molar-refractivity contribution < 1.29 is 9.59 Å². The number of amides is 3. The second kappa shape index (κ2) is 8.35. The van der Waals surface area contributed by atoms with Crippen molar-refractivity contribution in [3.8, 4) is 0 Å². The van der Waals surface area contributed by atoms with Crippen LogP contribution in [-0.2, 0) is 13.0 Å². The molecule has 0 atom stereocenters. The third-order valence-corrected chi connectivity index (χ3v) is 4.26. The first kappa shape index (κ1) is 18.4. The summed E-state index contributed by atoms with van der Waals surface area (Å²) in [4.78, 5) is 32.9. The van der Waals surface area contributed by atoms with Gasteiger partial charge in [-0.05, 0) is 30.2 Å². The number of urea groups is 1. The summed E-state index contributed by atoms with van der Waals surface area (Å²) in [6.45, 7) is 0.809. The van der Waals surface area contributed by atoms with Gasteiger partial charge in [-0.25, -0.2) is 4.79 Å². The molecule has 0 aliphatic carbocycles. The SMILES string of the molecule is CN(C)C(=O)NCc1cc(C(=O)NCCc2c[nH]c3ccccc23)ccn1. The van der Waals surface area contributed by atoms with Crippen molar-refractivity contribution in [3.05, 3.63) is 65.6 Å². The highest BCUT2D eigenvalue weighted by atomic mass is 16.2. The molecule has 2 heterocycles. The zero-order valence-electron chi connectivity index (χ0n) is 15.5. The van der Waals surface area contributed by atoms with E-state index < -0.39 is 0 Å². The van der Waals surface area contributed by atoms with E-state index in [1.807, 2.05) is 24.4 Å². The number of para-hydroxylation sites is 1. The fourth-order valence-electron chi connectivity index (χ4n) is 2.79. The monoisotopic (exact) mass is 365 g/mol. The first-order valence-corrected chi connectivity index (χ1v) is 8.78. The average molecular weight is 365 g/mol. The maximum Gasteiger partial charge on any atom is 0.317 e. The van der Waals surface area contributed by atoms with Crippen LogP contribution in [0, 0.1) is 0 Å². The molecular weight excluding hydrogens is 342 g/mol. The van der Waals surface area contributed by atoms with Gasteiger partial charge < -0.3 is 20.5 Å². The number of nitrogens with one attached hydrogen (secondary N) is 3. The van der Waals surface area contributed by atoms with Crippen molar-refractivity contribution >= 4 is 22.8 Å². The van der Waals surface area contributed by atoms with Crippen LogP contribution in [0.2, 0.25) is 0 Å². The molecule has 140 valence electrons. The average Bonchev–Trinajstić information content (AvgIpc) is 3.09. The van der Waals surface area contributed by atoms with Gasteiger partial charge in [-0.3, -0.25) is 9.78 Å². The van der Waals surface area contributed by atoms with Gasteiger partial charge >= 0.3 is 6.03 Å². The fourth-order valence-corrected chi connectivity index (χ4v) is 2.79. The van der Waals surface area contributed by atoms with Gasteiger partial charge in [0.25, 0.3) is 5.91 Å². The van der Waals surface area contributed by atoms with Gasteiger partial charge in [0, 0.05) is 49.5 Å². The molecule has 3 N–H and O–H groups in total. The van der Waals surface area contributed by atoms with E-state index in [0.717, 1.165) is 11.9 Å². The standard InChI is InChI=1S/C20H23N5O2/c1-25(2)20(27)24-13-16-11-14(7-9-21-16)19(26)22-10-8-15-12-23-18-6-4-3-5-17(15)18/h3-7,9,11-12,23H,8,10,13H2,1-2H3,(H,22,26)(H,24,27). The second-order valence-corrected chi connectivity index (χ2v) is 6.45. The number of aromatic nitrogens is 2. The lowest BCUT2D eigenvalue weighted by Gasteiger charge is -2.12. The number of aromatic amines is 1. The minimum Gasteiger partial charge on any atom is -0.361 e. The Hall–Kier alpha value is -3.35. The van der Waals surface area contributed by atoms with Crippen LogP contribution in [0.4, 0.5) is 4.79 Å². The highest BCUT2D eigenvalue weighted by Gasteiger charge is 2.09. The quantitative estimate of drug-likeness (QED) is 0.626. The summed E-state index contributed by atoms with van der Waals surface area (Å²) in [5.41, 5.74) is 3.43. The minimum atomic E-state index is -0.203. The van der Waals surface area contributed by atoms with E-state index in [-0.39, 0.29) is 18.5 Å². The minimum absolute atomic E-state index is 0.155. The molecule has 0 radical (unpaired) electrons. The molecule has 3 amide bonds. The van der Waals surface area contributed by atoms with E-state index in [1.165, 1.54) is 15.8 Å². The molecule has 27 heavy (non-hydrogen) atoms. The summed E-state index contributed by atoms with van der Waals surface area (Å²) in [5.74, 6) is -0.155. The molecular formula is C20H23N5O2. The molecule has 0 spiro atoms. The molecule has 2 aromatic heterocycles. The molecule has 0 unspecified atom stereocenters. The predicted octanol–water partition coefficient (Wildman–Crippen LogP) is 2.31. The third-order valence-electron chi connectivity index (χ3n) is 4.26. The number of hydrogen-bond donors (Lipinski definition) is 3. The van der Waals surface area contributed by atoms with Crippen molar-refractivity contribution in [2.45, 2.75) is 13.0 Å². The topological polar surface area (TPSA) is 90.1 Å². The number of carbonyl (C=O) groups excluding carboxylic acids is 2. The Morgan fingerprint density at radius 3 is 2.78 bits per heavy atom. The largest absolute Gasteiger partial charge is 0.361 e. The Balaban J connectivity index is 1.55. The summed E-state index contributed by atoms with van der Waals surface area (Å²) in [5, 5.41) is 6.84. The molecule has 0 saturated carbocycles. The lowest BCUT2D eigenvalue weighted by molar-refractivity contribution is 0.0954. The number of pyridine rings is 1. The van der Waals surface area contributed by atoms with Crippen molar-refractivity contribution in [1.82, 2.24) is 25.5 Å². The Morgan fingerprint density at radius 1 is 1.15 bits per heavy atom. The molecule has 0 bridgehead atoms. The van der Waals surface area contributed by atoms with Gasteiger partial charge in [0.2, 0.25) is 0 Å². The summed E-state index contributed by atoms with van der Waals surface area (Å²) < 4.78 is 0. The number of nitrogens with zero attached hydrogens (tertiary/aromatic N) is 2. The Labute approximate surface area is 157 Å². The first-order valence-electron chi connectivity index (χ1n) is 8.78. The third kappa shape index (κ3) is 4.63. The van der Waals surface area contributed by atoms with Crippen LogP contribution in [0.25, 0.3) is 10.9 Å². The highest BCUT2D eigenvalue weighted by molar-refractivity contribution is 5.94. The smallest absolute Gasteiger partial charge is 0.317 e. The predicted molar refractivity (Wildman–Crippen MR) is 104 cm³/mol. The van der Waals surface area contributed by atoms with Gasteiger partial charge in [0.15, 0.2) is 0 Å². The van der Waals surface area contributed by atoms with Crippen molar-refractivity contribution in [2.75, 3.05) is 20.6 Å². The lowest BCUT2D eigenvalue weighted by atomic mass is 10.1. The Bertz CT molecular complexity index is 948. The molecule has 3 aromatic rings. The Kier molecular flexibility index (Phi) is 5.71. The van der Waals surface area contributed by atoms with Crippen LogP contribution in [0.5, 0.6) is 0 Å². The van der Waals surface area contributed by atoms with Crippen LogP contribution >= 0.6 is 0 Å². The van der Waals surface area contributed by atoms with Gasteiger partial charge in [-0.15, -0.1) is 0 Å². The molecule has 3 rings (SSSR count). The molecule has 0 aliphatic rings. The normalized spacial score (nSPS) is 10.6. The molecule has 0 saturated heterocycles. The number of carbonyl (C=O) groups is 2. The number of fused-ring (bicyclic) bond motifs is 1. The molecule has 0 fully saturated rings. The lowest BCUT2D eigenvalue weighted by Crippen LogP contribution is -2.34. The van der Waals surface area contributed by atoms with Gasteiger partial charge in [-0.1, -0.05) is 18.2 Å². The maximum atomic E-state index is 12.4. The van der Waals surface area contributed by atoms with E-state index in [2.05, 4.69) is 26.7 Å². The summed E-state index contributed by atoms with van der Waals surface area (Å²) in [7, 11) is 3.33. The van der Waals surface area contributed by atoms with E-state index in [0.29, 0.717) is 17.8 Å². The van der Waals surface area contributed by atoms with E-state index in [1.54, 1.807) is 32.4 Å². The molecule has 0 aliphatic heterocycles. The zero-order valence-corrected chi connectivity index (χ0v) is 15.5. The van der Waals surface area contributed by atoms with E-state index in [4.69, 9.17) is 0 Å². The molecule has 7 heteroatoms. The van der Waals surface area contributed by atoms with E-state index >= 15 is 0 Å². The van der Waals surface area contributed by atoms with Crippen LogP contribution in [0.1, 0.15) is 21.6 Å². The van der Waals surface area contributed by atoms with E-state index in [9.17, 15) is 9.59 Å². The number of benzene rings is 1. The Morgan fingerprint density at radius 2 is 1.96 bits per heavy atom. The fraction of sp³-hybridized carbons (Fsp3) is 0.250. The summed E-state index contributed by atoms with van der Waals surface area (Å²) >= 11 is 0. The van der Waals surface area contributed by atoms with Crippen LogP contribution < -0.4 is 10.6 Å². The molecule has 7 nitrogen and oxygen atoms in total. The van der Waals surface area contributed by atoms with Crippen molar-refractivity contribution in [2.24, 2.45) is 0 Å². The second-order valence-electron chi connectivity index (χ2n) is 6.45. The number of hydrogen-bond acceptors (Lipinski definition) is 3. The van der Waals surface area contributed by atoms with Crippen LogP contribution in [-0.4, -0.2) is 47.4 Å². The van der Waals surface area contributed by atoms with Crippen molar-refractivity contribution in [3.63, 3.8) is 0 Å². The summed E-state index contributed by atoms with van der Waals surface area (Å²) in [6, 6.07) is 11.3. The van der Waals surface area contributed by atoms with Gasteiger partial charge in [0.05, 0.1) is 12.2 Å². The summed E-state index contributed by atoms with van der Waals surface area (Å²) in [6.07, 6.45) is 4.30. The number of rotatable bonds is 6. The first-order chi connectivity index (χ1) is 13.0. The highest BCUT2D eigenvalue weighted by Crippen LogP contribution is 2.17. The van der Waals surface area contributed by atoms with Crippen molar-refractivity contribution in [1.29, 1.82) is 0 Å². The number of H-pyrrole nitrogens is 1.